The molecule has 0 aromatic carbocycles. The van der Waals surface area contributed by atoms with Crippen LogP contribution in [0.1, 0.15) is 0 Å². The van der Waals surface area contributed by atoms with E-state index in [1.807, 2.05) is 6.26 Å². The molecule has 1 aromatic rings. The van der Waals surface area contributed by atoms with Crippen LogP contribution in [-0.2, 0) is 11.3 Å². The van der Waals surface area contributed by atoms with Gasteiger partial charge in [-0.25, -0.2) is 4.68 Å². The molecule has 1 heterocycles. The molecule has 2 N–H and O–H groups in total. The number of aliphatic carboxylic acids is 1. The van der Waals surface area contributed by atoms with E-state index in [1.165, 1.54) is 17.8 Å². The average molecular weight is 199 g/mol. The van der Waals surface area contributed by atoms with Gasteiger partial charge >= 0.3 is 5.97 Å². The van der Waals surface area contributed by atoms with Crippen LogP contribution >= 0.6 is 11.8 Å². The summed E-state index contributed by atoms with van der Waals surface area (Å²) >= 11 is 1.41. The van der Waals surface area contributed by atoms with Gasteiger partial charge in [0, 0.05) is 0 Å². The highest BCUT2D eigenvalue weighted by Crippen LogP contribution is 2.06. The summed E-state index contributed by atoms with van der Waals surface area (Å²) in [6, 6.07) is 3.22. The van der Waals surface area contributed by atoms with E-state index in [2.05, 4.69) is 5.10 Å². The van der Waals surface area contributed by atoms with Gasteiger partial charge in [-0.2, -0.15) is 5.10 Å². The third kappa shape index (κ3) is 2.59. The van der Waals surface area contributed by atoms with E-state index in [-0.39, 0.29) is 12.0 Å². The van der Waals surface area contributed by atoms with Crippen LogP contribution in [-0.4, -0.2) is 27.1 Å². The van der Waals surface area contributed by atoms with Crippen LogP contribution < -0.4 is 5.49 Å². The topological polar surface area (TPSA) is 79.0 Å². The van der Waals surface area contributed by atoms with Gasteiger partial charge < -0.3 is 5.11 Å². The first-order valence-electron chi connectivity index (χ1n) is 3.52. The second kappa shape index (κ2) is 4.08. The third-order valence-electron chi connectivity index (χ3n) is 1.38. The largest absolute Gasteiger partial charge is 0.480 e. The van der Waals surface area contributed by atoms with Gasteiger partial charge in [0.15, 0.2) is 0 Å². The molecule has 1 aromatic heterocycles. The Morgan fingerprint density at radius 1 is 1.77 bits per heavy atom. The van der Waals surface area contributed by atoms with Crippen molar-refractivity contribution in [1.82, 2.24) is 9.78 Å². The molecule has 1 rings (SSSR count). The molecule has 0 aliphatic rings. The monoisotopic (exact) mass is 199 g/mol. The van der Waals surface area contributed by atoms with Crippen LogP contribution in [0.5, 0.6) is 0 Å². The normalized spacial score (nSPS) is 9.92. The van der Waals surface area contributed by atoms with Gasteiger partial charge in [-0.15, -0.1) is 11.8 Å². The number of nitrogens with zero attached hydrogens (tertiary/aromatic N) is 2. The van der Waals surface area contributed by atoms with Gasteiger partial charge in [-0.05, 0) is 18.4 Å². The van der Waals surface area contributed by atoms with E-state index in [9.17, 15) is 4.79 Å². The molecule has 0 radical (unpaired) electrons. The fraction of sp³-hybridized carbons (Fsp3) is 0.286. The summed E-state index contributed by atoms with van der Waals surface area (Å²) in [5.74, 6) is -0.996. The average Bonchev–Trinajstić information content (AvgIpc) is 2.08. The van der Waals surface area contributed by atoms with Crippen LogP contribution in [0.2, 0.25) is 0 Å². The number of thioether (sulfide) groups is 1. The maximum absolute atomic E-state index is 10.4. The van der Waals surface area contributed by atoms with E-state index >= 15 is 0 Å². The highest BCUT2D eigenvalue weighted by atomic mass is 32.2. The molecule has 0 unspecified atom stereocenters. The summed E-state index contributed by atoms with van der Waals surface area (Å²) < 4.78 is 1.15. The summed E-state index contributed by atoms with van der Waals surface area (Å²) in [6.45, 7) is -0.271. The van der Waals surface area contributed by atoms with E-state index < -0.39 is 5.97 Å². The number of aromatic nitrogens is 2. The number of carboxylic acid groups (broad SMARTS) is 1. The van der Waals surface area contributed by atoms with Crippen molar-refractivity contribution in [2.75, 3.05) is 6.26 Å². The SMILES string of the molecule is CSc1ccc(=N)n(CC(=O)O)n1. The Morgan fingerprint density at radius 2 is 2.46 bits per heavy atom. The van der Waals surface area contributed by atoms with Gasteiger partial charge in [0.2, 0.25) is 0 Å². The van der Waals surface area contributed by atoms with Crippen molar-refractivity contribution >= 4 is 17.7 Å². The molecule has 0 bridgehead atoms. The fourth-order valence-corrected chi connectivity index (χ4v) is 1.18. The summed E-state index contributed by atoms with van der Waals surface area (Å²) in [4.78, 5) is 10.4. The molecule has 13 heavy (non-hydrogen) atoms. The van der Waals surface area contributed by atoms with Crippen LogP contribution in [0.4, 0.5) is 0 Å². The number of hydrogen-bond acceptors (Lipinski definition) is 4. The number of carbonyl (C=O) groups is 1. The van der Waals surface area contributed by atoms with Gasteiger partial charge in [-0.3, -0.25) is 10.2 Å². The number of rotatable bonds is 3. The fourth-order valence-electron chi connectivity index (χ4n) is 0.800. The van der Waals surface area contributed by atoms with Crippen molar-refractivity contribution in [1.29, 1.82) is 5.41 Å². The molecule has 0 atom stereocenters. The van der Waals surface area contributed by atoms with E-state index in [4.69, 9.17) is 10.5 Å². The van der Waals surface area contributed by atoms with Crippen molar-refractivity contribution < 1.29 is 9.90 Å². The molecule has 70 valence electrons. The zero-order chi connectivity index (χ0) is 9.84. The van der Waals surface area contributed by atoms with Crippen molar-refractivity contribution in [3.05, 3.63) is 17.6 Å². The lowest BCUT2D eigenvalue weighted by Crippen LogP contribution is -2.26. The predicted molar refractivity (Wildman–Crippen MR) is 47.5 cm³/mol. The molecule has 0 saturated heterocycles. The molecular weight excluding hydrogens is 190 g/mol. The van der Waals surface area contributed by atoms with E-state index in [1.54, 1.807) is 6.07 Å². The summed E-state index contributed by atoms with van der Waals surface area (Å²) in [5.41, 5.74) is 0.0974. The molecule has 6 heteroatoms. The zero-order valence-electron chi connectivity index (χ0n) is 7.02. The number of hydrogen-bond donors (Lipinski definition) is 2. The Hall–Kier alpha value is -1.30. The van der Waals surface area contributed by atoms with Crippen molar-refractivity contribution in [3.63, 3.8) is 0 Å². The second-order valence-corrected chi connectivity index (χ2v) is 3.14. The summed E-state index contributed by atoms with van der Waals surface area (Å²) in [7, 11) is 0. The molecule has 0 amide bonds. The minimum Gasteiger partial charge on any atom is -0.480 e. The molecule has 0 aliphatic carbocycles. The Morgan fingerprint density at radius 3 is 3.00 bits per heavy atom. The number of carboxylic acids is 1. The van der Waals surface area contributed by atoms with Crippen LogP contribution in [0.3, 0.4) is 0 Å². The Balaban J connectivity index is 3.04. The van der Waals surface area contributed by atoms with Crippen LogP contribution in [0, 0.1) is 5.41 Å². The van der Waals surface area contributed by atoms with Gasteiger partial charge in [0.25, 0.3) is 0 Å². The molecule has 0 saturated carbocycles. The molecular formula is C7H9N3O2S. The lowest BCUT2D eigenvalue weighted by molar-refractivity contribution is -0.138. The summed E-state index contributed by atoms with van der Waals surface area (Å²) in [6.07, 6.45) is 1.84. The van der Waals surface area contributed by atoms with Gasteiger partial charge in [-0.1, -0.05) is 0 Å². The minimum atomic E-state index is -0.996. The van der Waals surface area contributed by atoms with E-state index in [0.29, 0.717) is 5.03 Å². The Kier molecular flexibility index (Phi) is 3.07. The second-order valence-electron chi connectivity index (χ2n) is 2.31. The van der Waals surface area contributed by atoms with Gasteiger partial charge in [0.05, 0.1) is 0 Å². The van der Waals surface area contributed by atoms with Crippen molar-refractivity contribution in [2.45, 2.75) is 11.6 Å². The quantitative estimate of drug-likeness (QED) is 0.680. The molecule has 5 nitrogen and oxygen atoms in total. The molecule has 0 spiro atoms. The molecule has 0 fully saturated rings. The number of nitrogens with one attached hydrogen (secondary N) is 1. The standard InChI is InChI=1S/C7H9N3O2S/c1-13-6-3-2-5(8)10(9-6)4-7(11)12/h2-3,8H,4H2,1H3,(H,11,12). The van der Waals surface area contributed by atoms with Crippen molar-refractivity contribution in [2.24, 2.45) is 0 Å². The smallest absolute Gasteiger partial charge is 0.325 e. The van der Waals surface area contributed by atoms with Crippen LogP contribution in [0.15, 0.2) is 17.2 Å². The Bertz CT molecular complexity index is 374. The first kappa shape index (κ1) is 9.79. The van der Waals surface area contributed by atoms with Crippen LogP contribution in [0.25, 0.3) is 0 Å². The lowest BCUT2D eigenvalue weighted by atomic mass is 10.5. The maximum atomic E-state index is 10.4. The lowest BCUT2D eigenvalue weighted by Gasteiger charge is -2.03. The first-order valence-corrected chi connectivity index (χ1v) is 4.74. The maximum Gasteiger partial charge on any atom is 0.325 e. The molecule has 0 aliphatic heterocycles. The van der Waals surface area contributed by atoms with Crippen molar-refractivity contribution in [3.8, 4) is 0 Å². The van der Waals surface area contributed by atoms with Gasteiger partial charge in [0.1, 0.15) is 17.1 Å². The highest BCUT2D eigenvalue weighted by molar-refractivity contribution is 7.98. The summed E-state index contributed by atoms with van der Waals surface area (Å²) in [5, 5.41) is 20.5. The van der Waals surface area contributed by atoms with E-state index in [0.717, 1.165) is 4.68 Å². The highest BCUT2D eigenvalue weighted by Gasteiger charge is 2.01. The zero-order valence-corrected chi connectivity index (χ0v) is 7.84. The predicted octanol–water partition coefficient (Wildman–Crippen LogP) is 0.169. The Labute approximate surface area is 78.9 Å². The first-order chi connectivity index (χ1) is 6.13. The third-order valence-corrected chi connectivity index (χ3v) is 2.01. The minimum absolute atomic E-state index is 0.0974.